The van der Waals surface area contributed by atoms with Gasteiger partial charge in [0.05, 0.1) is 12.8 Å². The highest BCUT2D eigenvalue weighted by molar-refractivity contribution is 5.76. The van der Waals surface area contributed by atoms with Crippen molar-refractivity contribution in [3.8, 4) is 17.0 Å². The summed E-state index contributed by atoms with van der Waals surface area (Å²) >= 11 is 0. The normalized spacial score (nSPS) is 13.9. The molecule has 0 N–H and O–H groups in total. The lowest BCUT2D eigenvalue weighted by atomic mass is 10.2. The molecular weight excluding hydrogens is 382 g/mol. The first-order chi connectivity index (χ1) is 14.6. The molecule has 8 heteroatoms. The molecule has 0 aliphatic carbocycles. The summed E-state index contributed by atoms with van der Waals surface area (Å²) in [4.78, 5) is 33.1. The van der Waals surface area contributed by atoms with Crippen LogP contribution in [0.1, 0.15) is 0 Å². The summed E-state index contributed by atoms with van der Waals surface area (Å²) in [6, 6.07) is 14.6. The van der Waals surface area contributed by atoms with E-state index in [2.05, 4.69) is 15.0 Å². The van der Waals surface area contributed by atoms with E-state index in [0.29, 0.717) is 18.8 Å². The highest BCUT2D eigenvalue weighted by Gasteiger charge is 2.22. The van der Waals surface area contributed by atoms with E-state index >= 15 is 0 Å². The number of ether oxygens (including phenoxy) is 1. The first-order valence-electron chi connectivity index (χ1n) is 9.79. The number of carbonyl (C=O) groups is 1. The van der Waals surface area contributed by atoms with Crippen molar-refractivity contribution in [1.82, 2.24) is 19.7 Å². The molecule has 1 amide bonds. The van der Waals surface area contributed by atoms with Gasteiger partial charge in [0.1, 0.15) is 12.3 Å². The number of anilines is 1. The average Bonchev–Trinajstić information content (AvgIpc) is 2.81. The van der Waals surface area contributed by atoms with Crippen molar-refractivity contribution in [2.75, 3.05) is 38.2 Å². The number of amides is 1. The van der Waals surface area contributed by atoms with E-state index in [-0.39, 0.29) is 18.0 Å². The summed E-state index contributed by atoms with van der Waals surface area (Å²) in [6.07, 6.45) is 3.35. The zero-order valence-corrected chi connectivity index (χ0v) is 16.8. The third-order valence-corrected chi connectivity index (χ3v) is 5.18. The number of methoxy groups -OCH3 is 1. The molecule has 1 aliphatic rings. The Morgan fingerprint density at radius 3 is 2.47 bits per heavy atom. The maximum atomic E-state index is 12.8. The van der Waals surface area contributed by atoms with Crippen molar-refractivity contribution in [1.29, 1.82) is 0 Å². The first-order valence-corrected chi connectivity index (χ1v) is 9.79. The van der Waals surface area contributed by atoms with Gasteiger partial charge in [-0.25, -0.2) is 4.68 Å². The SMILES string of the molecule is COc1ccc(N2CCN(C(=O)Cn3nc(-c4cccnc4)ccc3=O)CC2)cc1. The summed E-state index contributed by atoms with van der Waals surface area (Å²) in [6.45, 7) is 2.59. The molecule has 0 atom stereocenters. The van der Waals surface area contributed by atoms with Crippen molar-refractivity contribution in [2.24, 2.45) is 0 Å². The van der Waals surface area contributed by atoms with Gasteiger partial charge >= 0.3 is 0 Å². The van der Waals surface area contributed by atoms with Crippen LogP contribution < -0.4 is 15.2 Å². The van der Waals surface area contributed by atoms with Crippen molar-refractivity contribution in [3.63, 3.8) is 0 Å². The Bertz CT molecular complexity index is 1060. The third kappa shape index (κ3) is 4.32. The van der Waals surface area contributed by atoms with Gasteiger partial charge in [-0.1, -0.05) is 0 Å². The van der Waals surface area contributed by atoms with Gasteiger partial charge in [0.2, 0.25) is 5.91 Å². The summed E-state index contributed by atoms with van der Waals surface area (Å²) in [7, 11) is 1.64. The zero-order valence-electron chi connectivity index (χ0n) is 16.8. The maximum Gasteiger partial charge on any atom is 0.267 e. The molecule has 0 bridgehead atoms. The van der Waals surface area contributed by atoms with E-state index in [0.717, 1.165) is 30.1 Å². The second-order valence-corrected chi connectivity index (χ2v) is 7.02. The number of hydrogen-bond acceptors (Lipinski definition) is 6. The predicted octanol–water partition coefficient (Wildman–Crippen LogP) is 1.66. The van der Waals surface area contributed by atoms with E-state index in [9.17, 15) is 9.59 Å². The number of piperazine rings is 1. The molecule has 0 radical (unpaired) electrons. The smallest absolute Gasteiger partial charge is 0.267 e. The van der Waals surface area contributed by atoms with Crippen molar-refractivity contribution < 1.29 is 9.53 Å². The van der Waals surface area contributed by atoms with Crippen LogP contribution in [0.25, 0.3) is 11.3 Å². The van der Waals surface area contributed by atoms with Crippen LogP contribution in [-0.2, 0) is 11.3 Å². The minimum Gasteiger partial charge on any atom is -0.497 e. The Hall–Kier alpha value is -3.68. The second kappa shape index (κ2) is 8.77. The molecule has 0 unspecified atom stereocenters. The Morgan fingerprint density at radius 2 is 1.80 bits per heavy atom. The molecule has 8 nitrogen and oxygen atoms in total. The second-order valence-electron chi connectivity index (χ2n) is 7.02. The molecule has 2 aromatic heterocycles. The molecule has 1 fully saturated rings. The zero-order chi connectivity index (χ0) is 20.9. The Morgan fingerprint density at radius 1 is 1.03 bits per heavy atom. The van der Waals surface area contributed by atoms with Crippen LogP contribution in [0.15, 0.2) is 65.7 Å². The number of nitrogens with zero attached hydrogens (tertiary/aromatic N) is 5. The first kappa shape index (κ1) is 19.6. The summed E-state index contributed by atoms with van der Waals surface area (Å²) in [5.74, 6) is 0.710. The maximum absolute atomic E-state index is 12.8. The van der Waals surface area contributed by atoms with Gasteiger partial charge in [0, 0.05) is 55.9 Å². The van der Waals surface area contributed by atoms with Crippen molar-refractivity contribution in [2.45, 2.75) is 6.54 Å². The highest BCUT2D eigenvalue weighted by Crippen LogP contribution is 2.20. The van der Waals surface area contributed by atoms with Gasteiger partial charge in [0.25, 0.3) is 5.56 Å². The molecule has 3 aromatic rings. The Kier molecular flexibility index (Phi) is 5.74. The molecule has 1 aliphatic heterocycles. The van der Waals surface area contributed by atoms with Crippen LogP contribution in [0.2, 0.25) is 0 Å². The molecule has 154 valence electrons. The fourth-order valence-corrected chi connectivity index (χ4v) is 3.47. The molecule has 3 heterocycles. The summed E-state index contributed by atoms with van der Waals surface area (Å²) in [5, 5.41) is 4.35. The Balaban J connectivity index is 1.39. The van der Waals surface area contributed by atoms with Gasteiger partial charge < -0.3 is 14.5 Å². The van der Waals surface area contributed by atoms with E-state index in [1.54, 1.807) is 36.5 Å². The number of pyridine rings is 1. The molecule has 1 saturated heterocycles. The number of hydrogen-bond donors (Lipinski definition) is 0. The van der Waals surface area contributed by atoms with Crippen LogP contribution in [0, 0.1) is 0 Å². The number of carbonyl (C=O) groups excluding carboxylic acids is 1. The number of rotatable bonds is 5. The van der Waals surface area contributed by atoms with E-state index in [1.165, 1.54) is 10.7 Å². The fourth-order valence-electron chi connectivity index (χ4n) is 3.47. The van der Waals surface area contributed by atoms with Gasteiger partial charge in [-0.15, -0.1) is 0 Å². The minimum atomic E-state index is -0.298. The average molecular weight is 405 g/mol. The van der Waals surface area contributed by atoms with Crippen LogP contribution >= 0.6 is 0 Å². The van der Waals surface area contributed by atoms with E-state index in [4.69, 9.17) is 4.74 Å². The van der Waals surface area contributed by atoms with Gasteiger partial charge in [0.15, 0.2) is 0 Å². The molecular formula is C22H23N5O3. The quantitative estimate of drug-likeness (QED) is 0.642. The molecule has 1 aromatic carbocycles. The monoisotopic (exact) mass is 405 g/mol. The van der Waals surface area contributed by atoms with Crippen LogP contribution in [0.5, 0.6) is 5.75 Å². The van der Waals surface area contributed by atoms with Gasteiger partial charge in [-0.3, -0.25) is 14.6 Å². The van der Waals surface area contributed by atoms with Gasteiger partial charge in [-0.05, 0) is 42.5 Å². The number of aromatic nitrogens is 3. The molecule has 30 heavy (non-hydrogen) atoms. The van der Waals surface area contributed by atoms with Crippen LogP contribution in [-0.4, -0.2) is 58.9 Å². The number of benzene rings is 1. The lowest BCUT2D eigenvalue weighted by Gasteiger charge is -2.36. The van der Waals surface area contributed by atoms with Crippen molar-refractivity contribution >= 4 is 11.6 Å². The predicted molar refractivity (Wildman–Crippen MR) is 114 cm³/mol. The Labute approximate surface area is 174 Å². The molecule has 4 rings (SSSR count). The van der Waals surface area contributed by atoms with E-state index < -0.39 is 0 Å². The lowest BCUT2D eigenvalue weighted by Crippen LogP contribution is -2.50. The topological polar surface area (TPSA) is 80.6 Å². The summed E-state index contributed by atoms with van der Waals surface area (Å²) in [5.41, 5.74) is 2.21. The van der Waals surface area contributed by atoms with Crippen LogP contribution in [0.4, 0.5) is 5.69 Å². The minimum absolute atomic E-state index is 0.0739. The highest BCUT2D eigenvalue weighted by atomic mass is 16.5. The van der Waals surface area contributed by atoms with Crippen molar-refractivity contribution in [3.05, 3.63) is 71.3 Å². The standard InChI is InChI=1S/C22H23N5O3/c1-30-19-6-4-18(5-7-19)25-11-13-26(14-12-25)22(29)16-27-21(28)9-8-20(24-27)17-3-2-10-23-15-17/h2-10,15H,11-14,16H2,1H3. The molecule has 0 spiro atoms. The third-order valence-electron chi connectivity index (χ3n) is 5.18. The van der Waals surface area contributed by atoms with Gasteiger partial charge in [-0.2, -0.15) is 5.10 Å². The molecule has 0 saturated carbocycles. The fraction of sp³-hybridized carbons (Fsp3) is 0.273. The lowest BCUT2D eigenvalue weighted by molar-refractivity contribution is -0.132. The van der Waals surface area contributed by atoms with E-state index in [1.807, 2.05) is 30.3 Å². The largest absolute Gasteiger partial charge is 0.497 e. The summed E-state index contributed by atoms with van der Waals surface area (Å²) < 4.78 is 6.42. The van der Waals surface area contributed by atoms with Crippen LogP contribution in [0.3, 0.4) is 0 Å².